The molecule has 0 atom stereocenters. The van der Waals surface area contributed by atoms with Crippen LogP contribution in [-0.2, 0) is 6.54 Å². The third kappa shape index (κ3) is 3.20. The highest BCUT2D eigenvalue weighted by Gasteiger charge is 2.24. The van der Waals surface area contributed by atoms with Gasteiger partial charge in [-0.3, -0.25) is 14.2 Å². The maximum absolute atomic E-state index is 12.7. The largest absolute Gasteiger partial charge is 0.361 e. The highest BCUT2D eigenvalue weighted by molar-refractivity contribution is 5.97. The molecule has 0 bridgehead atoms. The topological polar surface area (TPSA) is 71.0 Å². The molecule has 2 aromatic heterocycles. The van der Waals surface area contributed by atoms with Crippen LogP contribution in [-0.4, -0.2) is 38.4 Å². The second kappa shape index (κ2) is 6.55. The Morgan fingerprint density at radius 1 is 1.20 bits per heavy atom. The summed E-state index contributed by atoms with van der Waals surface area (Å²) in [7, 11) is 0. The van der Waals surface area contributed by atoms with Gasteiger partial charge in [0.05, 0.1) is 6.33 Å². The van der Waals surface area contributed by atoms with Gasteiger partial charge in [-0.15, -0.1) is 0 Å². The number of hydrogen-bond donors (Lipinski definition) is 1. The zero-order valence-corrected chi connectivity index (χ0v) is 13.9. The molecule has 128 valence electrons. The average Bonchev–Trinajstić information content (AvgIpc) is 3.11. The van der Waals surface area contributed by atoms with Crippen molar-refractivity contribution in [1.29, 1.82) is 0 Å². The number of H-pyrrole nitrogens is 1. The molecule has 1 aromatic carbocycles. The second-order valence-electron chi connectivity index (χ2n) is 6.59. The quantitative estimate of drug-likeness (QED) is 0.797. The van der Waals surface area contributed by atoms with Gasteiger partial charge in [-0.05, 0) is 42.3 Å². The monoisotopic (exact) mass is 336 g/mol. The fourth-order valence-electron chi connectivity index (χ4n) is 3.48. The van der Waals surface area contributed by atoms with Crippen LogP contribution in [0.5, 0.6) is 0 Å². The minimum atomic E-state index is -0.0206. The molecule has 6 nitrogen and oxygen atoms in total. The first kappa shape index (κ1) is 15.6. The second-order valence-corrected chi connectivity index (χ2v) is 6.59. The van der Waals surface area contributed by atoms with Gasteiger partial charge >= 0.3 is 0 Å². The summed E-state index contributed by atoms with van der Waals surface area (Å²) >= 11 is 0. The first-order chi connectivity index (χ1) is 12.2. The lowest BCUT2D eigenvalue weighted by Crippen LogP contribution is -2.40. The Bertz CT molecular complexity index is 951. The van der Waals surface area contributed by atoms with Crippen LogP contribution in [0.2, 0.25) is 0 Å². The van der Waals surface area contributed by atoms with Gasteiger partial charge in [-0.2, -0.15) is 0 Å². The molecule has 1 fully saturated rings. The van der Waals surface area contributed by atoms with Crippen molar-refractivity contribution < 1.29 is 4.79 Å². The summed E-state index contributed by atoms with van der Waals surface area (Å²) in [4.78, 5) is 33.6. The third-order valence-corrected chi connectivity index (χ3v) is 4.95. The van der Waals surface area contributed by atoms with Gasteiger partial charge in [-0.1, -0.05) is 6.07 Å². The van der Waals surface area contributed by atoms with Gasteiger partial charge in [0.15, 0.2) is 0 Å². The van der Waals surface area contributed by atoms with Gasteiger partial charge in [0.25, 0.3) is 11.5 Å². The Labute approximate surface area is 145 Å². The molecular formula is C19H20N4O2. The molecule has 4 rings (SSSR count). The minimum absolute atomic E-state index is 0.0206. The molecule has 1 aliphatic rings. The number of carbonyl (C=O) groups excluding carboxylic acids is 1. The molecule has 0 saturated carbocycles. The predicted octanol–water partition coefficient (Wildman–Crippen LogP) is 2.28. The number of likely N-dealkylation sites (tertiary alicyclic amines) is 1. The predicted molar refractivity (Wildman–Crippen MR) is 95.4 cm³/mol. The van der Waals surface area contributed by atoms with Crippen LogP contribution in [0.25, 0.3) is 10.9 Å². The fraction of sp³-hybridized carbons (Fsp3) is 0.316. The maximum atomic E-state index is 12.7. The molecule has 6 heteroatoms. The molecule has 0 aliphatic carbocycles. The first-order valence-corrected chi connectivity index (χ1v) is 8.57. The zero-order chi connectivity index (χ0) is 17.2. The molecule has 3 aromatic rings. The Balaban J connectivity index is 1.40. The van der Waals surface area contributed by atoms with E-state index in [9.17, 15) is 9.59 Å². The smallest absolute Gasteiger partial charge is 0.253 e. The Hall–Kier alpha value is -2.89. The number of nitrogens with one attached hydrogen (secondary N) is 1. The van der Waals surface area contributed by atoms with E-state index in [1.165, 1.54) is 12.3 Å². The number of amides is 1. The number of aromatic nitrogens is 3. The van der Waals surface area contributed by atoms with Crippen LogP contribution in [0.3, 0.4) is 0 Å². The standard InChI is InChI=1S/C19H20N4O2/c24-18-4-7-20-13-23(18)12-14-5-9-22(10-6-14)19(25)16-2-1-15-3-8-21-17(15)11-16/h1-4,7-8,11,13-14,21H,5-6,9-10,12H2. The van der Waals surface area contributed by atoms with E-state index in [0.29, 0.717) is 12.5 Å². The number of piperidine rings is 1. The molecule has 1 saturated heterocycles. The lowest BCUT2D eigenvalue weighted by molar-refractivity contribution is 0.0682. The number of aromatic amines is 1. The normalized spacial score (nSPS) is 15.6. The Morgan fingerprint density at radius 3 is 2.84 bits per heavy atom. The molecule has 1 N–H and O–H groups in total. The molecule has 1 aliphatic heterocycles. The molecule has 1 amide bonds. The van der Waals surface area contributed by atoms with E-state index in [2.05, 4.69) is 9.97 Å². The highest BCUT2D eigenvalue weighted by atomic mass is 16.2. The molecule has 25 heavy (non-hydrogen) atoms. The summed E-state index contributed by atoms with van der Waals surface area (Å²) in [6.45, 7) is 2.12. The van der Waals surface area contributed by atoms with E-state index in [1.807, 2.05) is 35.4 Å². The SMILES string of the molecule is O=C(c1ccc2cc[nH]c2c1)N1CCC(Cn2cnccc2=O)CC1. The van der Waals surface area contributed by atoms with Crippen LogP contribution in [0.15, 0.2) is 53.8 Å². The van der Waals surface area contributed by atoms with Crippen LogP contribution in [0, 0.1) is 5.92 Å². The van der Waals surface area contributed by atoms with Crippen LogP contribution in [0.1, 0.15) is 23.2 Å². The molecule has 0 radical (unpaired) electrons. The fourth-order valence-corrected chi connectivity index (χ4v) is 3.48. The van der Waals surface area contributed by atoms with Crippen molar-refractivity contribution in [3.8, 4) is 0 Å². The van der Waals surface area contributed by atoms with Crippen LogP contribution < -0.4 is 5.56 Å². The average molecular weight is 336 g/mol. The van der Waals surface area contributed by atoms with Crippen molar-refractivity contribution in [2.45, 2.75) is 19.4 Å². The number of benzene rings is 1. The van der Waals surface area contributed by atoms with Crippen LogP contribution in [0.4, 0.5) is 0 Å². The number of nitrogens with zero attached hydrogens (tertiary/aromatic N) is 3. The van der Waals surface area contributed by atoms with Crippen molar-refractivity contribution in [3.63, 3.8) is 0 Å². The summed E-state index contributed by atoms with van der Waals surface area (Å²) in [5.41, 5.74) is 1.68. The maximum Gasteiger partial charge on any atom is 0.253 e. The molecule has 3 heterocycles. The van der Waals surface area contributed by atoms with Crippen molar-refractivity contribution >= 4 is 16.8 Å². The molecular weight excluding hydrogens is 316 g/mol. The van der Waals surface area contributed by atoms with E-state index < -0.39 is 0 Å². The van der Waals surface area contributed by atoms with Crippen molar-refractivity contribution in [3.05, 3.63) is 65.0 Å². The first-order valence-electron chi connectivity index (χ1n) is 8.57. The Morgan fingerprint density at radius 2 is 2.04 bits per heavy atom. The van der Waals surface area contributed by atoms with E-state index in [0.717, 1.165) is 42.4 Å². The number of rotatable bonds is 3. The van der Waals surface area contributed by atoms with Crippen molar-refractivity contribution in [2.75, 3.05) is 13.1 Å². The minimum Gasteiger partial charge on any atom is -0.361 e. The van der Waals surface area contributed by atoms with Crippen LogP contribution >= 0.6 is 0 Å². The van der Waals surface area contributed by atoms with E-state index in [-0.39, 0.29) is 11.5 Å². The lowest BCUT2D eigenvalue weighted by Gasteiger charge is -2.32. The third-order valence-electron chi connectivity index (χ3n) is 4.95. The van der Waals surface area contributed by atoms with Gasteiger partial charge in [0.2, 0.25) is 0 Å². The van der Waals surface area contributed by atoms with Gasteiger partial charge < -0.3 is 9.88 Å². The van der Waals surface area contributed by atoms with E-state index in [4.69, 9.17) is 0 Å². The molecule has 0 spiro atoms. The summed E-state index contributed by atoms with van der Waals surface area (Å²) in [5.74, 6) is 0.477. The zero-order valence-electron chi connectivity index (χ0n) is 13.9. The van der Waals surface area contributed by atoms with Gasteiger partial charge in [0, 0.05) is 49.2 Å². The van der Waals surface area contributed by atoms with Crippen molar-refractivity contribution in [1.82, 2.24) is 19.4 Å². The summed E-state index contributed by atoms with van der Waals surface area (Å²) in [5, 5.41) is 1.11. The van der Waals surface area contributed by atoms with Crippen molar-refractivity contribution in [2.24, 2.45) is 5.92 Å². The summed E-state index contributed by atoms with van der Waals surface area (Å²) in [6, 6.07) is 9.25. The number of carbonyl (C=O) groups is 1. The Kier molecular flexibility index (Phi) is 4.09. The summed E-state index contributed by atoms with van der Waals surface area (Å²) in [6.07, 6.45) is 6.78. The van der Waals surface area contributed by atoms with Gasteiger partial charge in [-0.25, -0.2) is 4.98 Å². The van der Waals surface area contributed by atoms with E-state index >= 15 is 0 Å². The van der Waals surface area contributed by atoms with E-state index in [1.54, 1.807) is 10.9 Å². The summed E-state index contributed by atoms with van der Waals surface area (Å²) < 4.78 is 1.65. The highest BCUT2D eigenvalue weighted by Crippen LogP contribution is 2.21. The number of fused-ring (bicyclic) bond motifs is 1. The lowest BCUT2D eigenvalue weighted by atomic mass is 9.96. The number of hydrogen-bond acceptors (Lipinski definition) is 3. The molecule has 0 unspecified atom stereocenters. The van der Waals surface area contributed by atoms with Gasteiger partial charge in [0.1, 0.15) is 0 Å².